The smallest absolute Gasteiger partial charge is 0.457 e. The van der Waals surface area contributed by atoms with Gasteiger partial charge in [-0.15, -0.1) is 0 Å². The average molecular weight is 893 g/mol. The summed E-state index contributed by atoms with van der Waals surface area (Å²) in [7, 11) is -5.01. The predicted octanol–water partition coefficient (Wildman–Crippen LogP) is 10.7. The summed E-state index contributed by atoms with van der Waals surface area (Å²) in [5.41, 5.74) is 0. The van der Waals surface area contributed by atoms with E-state index < -0.39 is 63.1 Å². The number of aliphatic hydroxyl groups is 5. The highest BCUT2D eigenvalue weighted by Crippen LogP contribution is 2.47. The highest BCUT2D eigenvalue weighted by atomic mass is 31.2. The first-order chi connectivity index (χ1) is 29.5. The number of ether oxygens (including phenoxy) is 2. The molecule has 1 aliphatic rings. The maximum absolute atomic E-state index is 12.8. The average Bonchev–Trinajstić information content (AvgIpc) is 3.24. The molecule has 6 N–H and O–H groups in total. The van der Waals surface area contributed by atoms with Crippen molar-refractivity contribution in [1.29, 1.82) is 0 Å². The molecule has 1 saturated carbocycles. The van der Waals surface area contributed by atoms with E-state index in [0.717, 1.165) is 38.5 Å². The van der Waals surface area contributed by atoms with E-state index in [-0.39, 0.29) is 13.0 Å². The molecule has 0 bridgehead atoms. The summed E-state index contributed by atoms with van der Waals surface area (Å²) in [5, 5.41) is 50.2. The van der Waals surface area contributed by atoms with Crippen LogP contribution in [0.3, 0.4) is 0 Å². The number of aliphatic hydroxyl groups excluding tert-OH is 5. The van der Waals surface area contributed by atoms with Gasteiger partial charge >= 0.3 is 13.8 Å². The number of hydrogen-bond acceptors (Lipinski definition) is 11. The van der Waals surface area contributed by atoms with Gasteiger partial charge in [0.2, 0.25) is 0 Å². The van der Waals surface area contributed by atoms with E-state index in [0.29, 0.717) is 13.0 Å². The first-order valence-corrected chi connectivity index (χ1v) is 26.5. The Morgan fingerprint density at radius 1 is 0.508 bits per heavy atom. The van der Waals surface area contributed by atoms with Gasteiger partial charge in [0.1, 0.15) is 42.7 Å². The molecule has 0 aromatic heterocycles. The van der Waals surface area contributed by atoms with Crippen LogP contribution in [0.5, 0.6) is 0 Å². The van der Waals surface area contributed by atoms with E-state index in [1.807, 2.05) is 0 Å². The van der Waals surface area contributed by atoms with E-state index in [1.165, 1.54) is 161 Å². The zero-order chi connectivity index (χ0) is 44.8. The van der Waals surface area contributed by atoms with Gasteiger partial charge in [0, 0.05) is 13.0 Å². The van der Waals surface area contributed by atoms with Gasteiger partial charge in [0.05, 0.1) is 13.2 Å². The number of allylic oxidation sites excluding steroid dienone is 2. The molecule has 0 amide bonds. The molecule has 0 spiro atoms. The van der Waals surface area contributed by atoms with Gasteiger partial charge < -0.3 is 39.9 Å². The van der Waals surface area contributed by atoms with Crippen LogP contribution in [-0.4, -0.2) is 98.9 Å². The molecule has 1 fully saturated rings. The number of unbranched alkanes of at least 4 members (excludes halogenated alkanes) is 29. The van der Waals surface area contributed by atoms with E-state index in [9.17, 15) is 39.8 Å². The van der Waals surface area contributed by atoms with Crippen LogP contribution in [0.2, 0.25) is 0 Å². The first kappa shape index (κ1) is 58.1. The van der Waals surface area contributed by atoms with E-state index in [2.05, 4.69) is 26.0 Å². The minimum atomic E-state index is -5.01. The number of carbonyl (C=O) groups is 1. The van der Waals surface area contributed by atoms with Gasteiger partial charge in [0.25, 0.3) is 0 Å². The second kappa shape index (κ2) is 39.4. The summed E-state index contributed by atoms with van der Waals surface area (Å²) in [5.74, 6) is -0.475. The molecule has 0 aliphatic heterocycles. The molecule has 0 aromatic rings. The molecule has 6 unspecified atom stereocenters. The van der Waals surface area contributed by atoms with Crippen molar-refractivity contribution in [2.24, 2.45) is 0 Å². The first-order valence-electron chi connectivity index (χ1n) is 25.0. The largest absolute Gasteiger partial charge is 0.472 e. The molecular formula is C48H93O12P. The highest BCUT2D eigenvalue weighted by Gasteiger charge is 2.51. The number of carbonyl (C=O) groups excluding carboxylic acids is 1. The molecule has 362 valence electrons. The zero-order valence-electron chi connectivity index (χ0n) is 38.7. The molecule has 1 aliphatic carbocycles. The Kier molecular flexibility index (Phi) is 37.6. The highest BCUT2D eigenvalue weighted by molar-refractivity contribution is 7.47. The van der Waals surface area contributed by atoms with Crippen LogP contribution >= 0.6 is 7.82 Å². The minimum absolute atomic E-state index is 0.0715. The molecule has 6 atom stereocenters. The minimum Gasteiger partial charge on any atom is -0.457 e. The Hall–Kier alpha value is -0.920. The second-order valence-corrected chi connectivity index (χ2v) is 19.1. The van der Waals surface area contributed by atoms with Gasteiger partial charge in [-0.2, -0.15) is 0 Å². The van der Waals surface area contributed by atoms with Crippen molar-refractivity contribution < 1.29 is 58.3 Å². The monoisotopic (exact) mass is 893 g/mol. The Morgan fingerprint density at radius 2 is 0.869 bits per heavy atom. The van der Waals surface area contributed by atoms with Gasteiger partial charge in [-0.25, -0.2) is 4.57 Å². The van der Waals surface area contributed by atoms with Gasteiger partial charge in [-0.1, -0.05) is 193 Å². The molecule has 0 radical (unpaired) electrons. The number of phosphoric ester groups is 1. The zero-order valence-corrected chi connectivity index (χ0v) is 39.6. The van der Waals surface area contributed by atoms with Crippen LogP contribution < -0.4 is 0 Å². The summed E-state index contributed by atoms with van der Waals surface area (Å²) in [6.45, 7) is 4.29. The van der Waals surface area contributed by atoms with E-state index >= 15 is 0 Å². The maximum Gasteiger partial charge on any atom is 0.472 e. The quantitative estimate of drug-likeness (QED) is 0.0147. The summed E-state index contributed by atoms with van der Waals surface area (Å²) in [6, 6.07) is 0. The third-order valence-electron chi connectivity index (χ3n) is 11.9. The van der Waals surface area contributed by atoms with E-state index in [4.69, 9.17) is 18.5 Å². The molecule has 12 nitrogen and oxygen atoms in total. The van der Waals surface area contributed by atoms with Crippen molar-refractivity contribution in [2.45, 2.75) is 268 Å². The molecular weight excluding hydrogens is 799 g/mol. The van der Waals surface area contributed by atoms with Crippen LogP contribution in [-0.2, 0) is 27.9 Å². The topological polar surface area (TPSA) is 192 Å². The van der Waals surface area contributed by atoms with Crippen molar-refractivity contribution in [2.75, 3.05) is 19.8 Å². The lowest BCUT2D eigenvalue weighted by molar-refractivity contribution is -0.220. The third-order valence-corrected chi connectivity index (χ3v) is 12.9. The second-order valence-electron chi connectivity index (χ2n) is 17.7. The fraction of sp³-hybridized carbons (Fsp3) is 0.938. The number of esters is 1. The van der Waals surface area contributed by atoms with Crippen LogP contribution in [0, 0.1) is 0 Å². The van der Waals surface area contributed by atoms with Gasteiger partial charge in [-0.05, 0) is 38.5 Å². The predicted molar refractivity (Wildman–Crippen MR) is 244 cm³/mol. The van der Waals surface area contributed by atoms with Gasteiger partial charge in [-0.3, -0.25) is 13.8 Å². The van der Waals surface area contributed by atoms with Gasteiger partial charge in [0.15, 0.2) is 0 Å². The molecule has 1 rings (SSSR count). The van der Waals surface area contributed by atoms with Crippen LogP contribution in [0.1, 0.15) is 226 Å². The summed E-state index contributed by atoms with van der Waals surface area (Å²) in [4.78, 5) is 23.2. The Balaban J connectivity index is 2.32. The maximum atomic E-state index is 12.8. The molecule has 0 aromatic carbocycles. The van der Waals surface area contributed by atoms with Crippen LogP contribution in [0.4, 0.5) is 0 Å². The van der Waals surface area contributed by atoms with Crippen LogP contribution in [0.25, 0.3) is 0 Å². The number of hydrogen-bond donors (Lipinski definition) is 6. The molecule has 0 saturated heterocycles. The van der Waals surface area contributed by atoms with Crippen molar-refractivity contribution in [3.63, 3.8) is 0 Å². The van der Waals surface area contributed by atoms with Crippen molar-refractivity contribution in [1.82, 2.24) is 0 Å². The standard InChI is InChI=1S/C48H93O12P/c1-3-5-7-9-11-13-15-17-18-19-20-21-22-23-24-25-27-29-31-33-35-37-42(49)59-41(39-57-38-36-34-32-30-28-26-16-14-12-10-8-6-4-2)40-58-61(55,56)60-48-46(53)44(51)43(50)45(52)47(48)54/h19-20,41,43-48,50-54H,3-18,21-40H2,1-2H3,(H,55,56)/b20-19-. The fourth-order valence-electron chi connectivity index (χ4n) is 7.88. The molecule has 13 heteroatoms. The summed E-state index contributed by atoms with van der Waals surface area (Å²) in [6.07, 6.45) is 31.4. The number of phosphoric acid groups is 1. The van der Waals surface area contributed by atoms with Crippen molar-refractivity contribution >= 4 is 13.8 Å². The van der Waals surface area contributed by atoms with Crippen molar-refractivity contribution in [3.05, 3.63) is 12.2 Å². The lowest BCUT2D eigenvalue weighted by Crippen LogP contribution is -2.64. The third kappa shape index (κ3) is 31.6. The lowest BCUT2D eigenvalue weighted by atomic mass is 9.85. The Bertz CT molecular complexity index is 1060. The Morgan fingerprint density at radius 3 is 1.30 bits per heavy atom. The Labute approximate surface area is 371 Å². The van der Waals surface area contributed by atoms with Crippen molar-refractivity contribution in [3.8, 4) is 0 Å². The van der Waals surface area contributed by atoms with E-state index in [1.54, 1.807) is 0 Å². The summed E-state index contributed by atoms with van der Waals surface area (Å²) < 4.78 is 34.2. The van der Waals surface area contributed by atoms with Crippen LogP contribution in [0.15, 0.2) is 12.2 Å². The normalized spacial score (nSPS) is 22.2. The SMILES string of the molecule is CCCCCCCCCC/C=C\CCCCCCCCCCCC(=O)OC(COCCCCCCCCCCCCCCC)COP(=O)(O)OC1C(O)C(O)C(O)C(O)C1O. The molecule has 61 heavy (non-hydrogen) atoms. The number of rotatable bonds is 43. The molecule has 0 heterocycles. The summed E-state index contributed by atoms with van der Waals surface area (Å²) >= 11 is 0. The fourth-order valence-corrected chi connectivity index (χ4v) is 8.85. The lowest BCUT2D eigenvalue weighted by Gasteiger charge is -2.41.